The van der Waals surface area contributed by atoms with Crippen LogP contribution in [0.1, 0.15) is 78.0 Å². The fourth-order valence-electron chi connectivity index (χ4n) is 4.94. The summed E-state index contributed by atoms with van der Waals surface area (Å²) in [6.07, 6.45) is 10.4. The van der Waals surface area contributed by atoms with Gasteiger partial charge in [0.25, 0.3) is 0 Å². The molecular weight excluding hydrogens is 508 g/mol. The summed E-state index contributed by atoms with van der Waals surface area (Å²) >= 11 is 0. The molecule has 0 fully saturated rings. The van der Waals surface area contributed by atoms with Gasteiger partial charge in [-0.15, -0.1) is 0 Å². The number of likely N-dealkylation sites (N-methyl/N-ethyl adjacent to an activating group) is 1. The molecule has 0 amide bonds. The Hall–Kier alpha value is -3.02. The van der Waals surface area contributed by atoms with Crippen molar-refractivity contribution in [3.63, 3.8) is 0 Å². The number of benzene rings is 2. The highest BCUT2D eigenvalue weighted by Crippen LogP contribution is 2.37. The molecule has 2 aromatic rings. The first-order valence-electron chi connectivity index (χ1n) is 15.3. The monoisotopic (exact) mass is 562 g/mol. The third-order valence-corrected chi connectivity index (χ3v) is 7.31. The molecule has 0 saturated heterocycles. The van der Waals surface area contributed by atoms with Crippen molar-refractivity contribution in [2.45, 2.75) is 80.0 Å². The number of ether oxygens (including phenoxy) is 3. The Bertz CT molecular complexity index is 1110. The summed E-state index contributed by atoms with van der Waals surface area (Å²) in [5.41, 5.74) is 4.60. The first kappa shape index (κ1) is 34.2. The summed E-state index contributed by atoms with van der Waals surface area (Å²) in [6, 6.07) is 15.3. The maximum absolute atomic E-state index is 6.36. The average molecular weight is 563 g/mol. The number of fused-ring (bicyclic) bond motifs is 1. The largest absolute Gasteiger partial charge is 0.493 e. The van der Waals surface area contributed by atoms with Crippen LogP contribution < -0.4 is 9.64 Å². The van der Waals surface area contributed by atoms with Crippen LogP contribution >= 0.6 is 0 Å². The third kappa shape index (κ3) is 10.4. The lowest BCUT2D eigenvalue weighted by Crippen LogP contribution is -2.43. The smallest absolute Gasteiger partial charge is 0.119 e. The number of anilines is 1. The fourth-order valence-corrected chi connectivity index (χ4v) is 4.94. The van der Waals surface area contributed by atoms with E-state index in [9.17, 15) is 0 Å². The molecule has 0 aromatic heterocycles. The number of hydrogen-bond acceptors (Lipinski definition) is 5. The Balaban J connectivity index is 0.00000287. The van der Waals surface area contributed by atoms with Gasteiger partial charge in [-0.05, 0) is 80.9 Å². The summed E-state index contributed by atoms with van der Waals surface area (Å²) in [5, 5.41) is 0. The standard InChI is InChI=1S/C34H48N2O3.C2H6/c1-8-11-12-13-31-23-34(5,6)36(33-19-16-29(26-37-7)22-32(33)27(4)25-39-31)24-28-14-17-30(18-15-28)38-21-20-35(9-2)10-3;1-2/h8,11-19,22-23,27H,9-10,20-21,24-26H2,1-7H3;1-2H3/b11-8-,13-12-,31-23-;. The van der Waals surface area contributed by atoms with E-state index in [2.05, 4.69) is 99.0 Å². The van der Waals surface area contributed by atoms with Gasteiger partial charge in [-0.1, -0.05) is 77.1 Å². The van der Waals surface area contributed by atoms with Gasteiger partial charge in [0.15, 0.2) is 0 Å². The van der Waals surface area contributed by atoms with Crippen LogP contribution in [0.25, 0.3) is 0 Å². The summed E-state index contributed by atoms with van der Waals surface area (Å²) in [7, 11) is 1.74. The molecule has 41 heavy (non-hydrogen) atoms. The van der Waals surface area contributed by atoms with Gasteiger partial charge in [0.1, 0.15) is 18.1 Å². The van der Waals surface area contributed by atoms with E-state index >= 15 is 0 Å². The van der Waals surface area contributed by atoms with Crippen molar-refractivity contribution in [2.75, 3.05) is 44.9 Å². The van der Waals surface area contributed by atoms with E-state index in [1.165, 1.54) is 22.4 Å². The highest BCUT2D eigenvalue weighted by Gasteiger charge is 2.30. The summed E-state index contributed by atoms with van der Waals surface area (Å²) in [6.45, 7) is 22.8. The first-order valence-corrected chi connectivity index (χ1v) is 15.3. The van der Waals surface area contributed by atoms with Gasteiger partial charge in [-0.3, -0.25) is 0 Å². The van der Waals surface area contributed by atoms with E-state index < -0.39 is 0 Å². The Labute approximate surface area is 250 Å². The Morgan fingerprint density at radius 2 is 1.71 bits per heavy atom. The average Bonchev–Trinajstić information content (AvgIpc) is 3.01. The quantitative estimate of drug-likeness (QED) is 0.242. The highest BCUT2D eigenvalue weighted by atomic mass is 16.5. The van der Waals surface area contributed by atoms with Crippen LogP contribution in [-0.4, -0.2) is 50.4 Å². The molecule has 0 spiro atoms. The van der Waals surface area contributed by atoms with Gasteiger partial charge in [-0.25, -0.2) is 0 Å². The van der Waals surface area contributed by atoms with Gasteiger partial charge >= 0.3 is 0 Å². The van der Waals surface area contributed by atoms with Crippen molar-refractivity contribution in [3.8, 4) is 5.75 Å². The predicted octanol–water partition coefficient (Wildman–Crippen LogP) is 8.51. The molecule has 0 radical (unpaired) electrons. The van der Waals surface area contributed by atoms with Crippen LogP contribution in [0.5, 0.6) is 5.75 Å². The summed E-state index contributed by atoms with van der Waals surface area (Å²) < 4.78 is 17.9. The zero-order chi connectivity index (χ0) is 30.3. The maximum atomic E-state index is 6.36. The van der Waals surface area contributed by atoms with E-state index in [4.69, 9.17) is 14.2 Å². The minimum absolute atomic E-state index is 0.216. The topological polar surface area (TPSA) is 34.2 Å². The molecule has 1 unspecified atom stereocenters. The van der Waals surface area contributed by atoms with Crippen molar-refractivity contribution < 1.29 is 14.2 Å². The molecule has 5 nitrogen and oxygen atoms in total. The third-order valence-electron chi connectivity index (χ3n) is 7.31. The SMILES string of the molecule is CC.C\C=C/C=C\C1=C\C(C)(C)N(Cc2ccc(OCCN(CC)CC)cc2)c2ccc(COC)cc2C(C)CO1. The minimum atomic E-state index is -0.309. The normalized spacial score (nSPS) is 18.0. The van der Waals surface area contributed by atoms with Crippen LogP contribution in [0.4, 0.5) is 5.69 Å². The molecule has 0 aliphatic carbocycles. The van der Waals surface area contributed by atoms with Crippen molar-refractivity contribution in [1.82, 2.24) is 4.90 Å². The zero-order valence-corrected chi connectivity index (χ0v) is 27.1. The lowest BCUT2D eigenvalue weighted by atomic mass is 9.93. The van der Waals surface area contributed by atoms with Crippen LogP contribution in [0.15, 0.2) is 78.6 Å². The molecule has 1 aliphatic heterocycles. The lowest BCUT2D eigenvalue weighted by molar-refractivity contribution is 0.184. The number of methoxy groups -OCH3 is 1. The fraction of sp³-hybridized carbons (Fsp3) is 0.500. The molecule has 1 heterocycles. The van der Waals surface area contributed by atoms with Crippen LogP contribution in [0.2, 0.25) is 0 Å². The summed E-state index contributed by atoms with van der Waals surface area (Å²) in [4.78, 5) is 4.86. The molecule has 226 valence electrons. The maximum Gasteiger partial charge on any atom is 0.119 e. The molecule has 1 aliphatic rings. The van der Waals surface area contributed by atoms with Gasteiger partial charge in [0.2, 0.25) is 0 Å². The lowest BCUT2D eigenvalue weighted by Gasteiger charge is -2.40. The Morgan fingerprint density at radius 1 is 1.02 bits per heavy atom. The van der Waals surface area contributed by atoms with E-state index in [0.717, 1.165) is 37.7 Å². The van der Waals surface area contributed by atoms with Gasteiger partial charge in [-0.2, -0.15) is 0 Å². The first-order chi connectivity index (χ1) is 19.8. The van der Waals surface area contributed by atoms with Gasteiger partial charge in [0, 0.05) is 31.8 Å². The van der Waals surface area contributed by atoms with Crippen molar-refractivity contribution in [2.24, 2.45) is 0 Å². The van der Waals surface area contributed by atoms with Crippen molar-refractivity contribution in [1.29, 1.82) is 0 Å². The van der Waals surface area contributed by atoms with Crippen molar-refractivity contribution >= 4 is 5.69 Å². The molecule has 3 rings (SSSR count). The molecular formula is C36H54N2O3. The number of allylic oxidation sites excluding steroid dienone is 4. The Kier molecular flexibility index (Phi) is 14.8. The Morgan fingerprint density at radius 3 is 2.34 bits per heavy atom. The molecule has 1 atom stereocenters. The number of hydrogen-bond donors (Lipinski definition) is 0. The van der Waals surface area contributed by atoms with Crippen LogP contribution in [-0.2, 0) is 22.6 Å². The summed E-state index contributed by atoms with van der Waals surface area (Å²) in [5.74, 6) is 2.02. The van der Waals surface area contributed by atoms with E-state index in [-0.39, 0.29) is 11.5 Å². The zero-order valence-electron chi connectivity index (χ0n) is 27.1. The predicted molar refractivity (Wildman–Crippen MR) is 175 cm³/mol. The molecule has 2 aromatic carbocycles. The second-order valence-corrected chi connectivity index (χ2v) is 10.7. The number of rotatable bonds is 12. The second kappa shape index (κ2) is 17.7. The minimum Gasteiger partial charge on any atom is -0.493 e. The van der Waals surface area contributed by atoms with E-state index in [1.54, 1.807) is 7.11 Å². The molecule has 0 bridgehead atoms. The second-order valence-electron chi connectivity index (χ2n) is 10.7. The van der Waals surface area contributed by atoms with Crippen LogP contribution in [0.3, 0.4) is 0 Å². The van der Waals surface area contributed by atoms with Gasteiger partial charge in [0.05, 0.1) is 18.8 Å². The molecule has 0 saturated carbocycles. The van der Waals surface area contributed by atoms with E-state index in [0.29, 0.717) is 19.8 Å². The number of nitrogens with zero attached hydrogens (tertiary/aromatic N) is 2. The molecule has 5 heteroatoms. The van der Waals surface area contributed by atoms with Crippen molar-refractivity contribution in [3.05, 3.63) is 95.3 Å². The van der Waals surface area contributed by atoms with Gasteiger partial charge < -0.3 is 24.0 Å². The van der Waals surface area contributed by atoms with E-state index in [1.807, 2.05) is 39.0 Å². The highest BCUT2D eigenvalue weighted by molar-refractivity contribution is 5.60. The van der Waals surface area contributed by atoms with Crippen LogP contribution in [0, 0.1) is 0 Å². The molecule has 0 N–H and O–H groups in total.